The number of halogens is 3. The highest BCUT2D eigenvalue weighted by Gasteiger charge is 2.21. The minimum atomic E-state index is -0.417. The molecule has 1 fully saturated rings. The number of anilines is 1. The Bertz CT molecular complexity index is 543. The first-order valence-corrected chi connectivity index (χ1v) is 7.50. The fourth-order valence-corrected chi connectivity index (χ4v) is 2.46. The summed E-state index contributed by atoms with van der Waals surface area (Å²) in [6.45, 7) is 9.69. The van der Waals surface area contributed by atoms with Crippen LogP contribution in [0.3, 0.4) is 0 Å². The highest BCUT2D eigenvalue weighted by Crippen LogP contribution is 2.21. The SMILES string of the molecule is C=CCN=C(NCC)N1CCN(c2cc(F)ccc2F)CC1.I. The van der Waals surface area contributed by atoms with Crippen LogP contribution in [-0.4, -0.2) is 50.1 Å². The normalized spacial score (nSPS) is 15.2. The van der Waals surface area contributed by atoms with Crippen LogP contribution >= 0.6 is 24.0 Å². The molecule has 7 heteroatoms. The molecule has 2 rings (SSSR count). The summed E-state index contributed by atoms with van der Waals surface area (Å²) in [7, 11) is 0. The summed E-state index contributed by atoms with van der Waals surface area (Å²) in [5.74, 6) is 0.0311. The molecule has 128 valence electrons. The highest BCUT2D eigenvalue weighted by atomic mass is 127. The van der Waals surface area contributed by atoms with E-state index in [4.69, 9.17) is 0 Å². The van der Waals surface area contributed by atoms with Gasteiger partial charge >= 0.3 is 0 Å². The first-order valence-electron chi connectivity index (χ1n) is 7.50. The fourth-order valence-electron chi connectivity index (χ4n) is 2.46. The van der Waals surface area contributed by atoms with Crippen molar-refractivity contribution >= 4 is 35.6 Å². The van der Waals surface area contributed by atoms with E-state index in [0.29, 0.717) is 38.4 Å². The van der Waals surface area contributed by atoms with Crippen molar-refractivity contribution in [2.75, 3.05) is 44.2 Å². The number of hydrogen-bond donors (Lipinski definition) is 1. The van der Waals surface area contributed by atoms with E-state index < -0.39 is 5.82 Å². The maximum absolute atomic E-state index is 13.8. The van der Waals surface area contributed by atoms with E-state index in [1.54, 1.807) is 6.08 Å². The van der Waals surface area contributed by atoms with Gasteiger partial charge in [0, 0.05) is 38.8 Å². The molecule has 0 unspecified atom stereocenters. The second kappa shape index (κ2) is 9.69. The van der Waals surface area contributed by atoms with Gasteiger partial charge < -0.3 is 15.1 Å². The van der Waals surface area contributed by atoms with Crippen molar-refractivity contribution < 1.29 is 8.78 Å². The Hall–Kier alpha value is -1.38. The Balaban J connectivity index is 0.00000264. The molecule has 1 heterocycles. The summed E-state index contributed by atoms with van der Waals surface area (Å²) in [6.07, 6.45) is 1.75. The van der Waals surface area contributed by atoms with Gasteiger partial charge in [-0.15, -0.1) is 30.6 Å². The lowest BCUT2D eigenvalue weighted by Gasteiger charge is -2.37. The molecule has 1 aliphatic heterocycles. The largest absolute Gasteiger partial charge is 0.366 e. The minimum absolute atomic E-state index is 0. The number of hydrogen-bond acceptors (Lipinski definition) is 2. The lowest BCUT2D eigenvalue weighted by atomic mass is 10.2. The number of rotatable bonds is 4. The van der Waals surface area contributed by atoms with Crippen LogP contribution in [0.2, 0.25) is 0 Å². The molecule has 1 aromatic carbocycles. The Kier molecular flexibility index (Phi) is 8.29. The molecule has 23 heavy (non-hydrogen) atoms. The third-order valence-corrected chi connectivity index (χ3v) is 3.53. The zero-order valence-electron chi connectivity index (χ0n) is 13.3. The third-order valence-electron chi connectivity index (χ3n) is 3.53. The van der Waals surface area contributed by atoms with Crippen LogP contribution in [0.5, 0.6) is 0 Å². The number of aliphatic imine (C=N–C) groups is 1. The summed E-state index contributed by atoms with van der Waals surface area (Å²) >= 11 is 0. The van der Waals surface area contributed by atoms with Gasteiger partial charge in [0.25, 0.3) is 0 Å². The van der Waals surface area contributed by atoms with E-state index >= 15 is 0 Å². The molecule has 0 aliphatic carbocycles. The molecule has 0 aromatic heterocycles. The predicted octanol–water partition coefficient (Wildman–Crippen LogP) is 2.86. The van der Waals surface area contributed by atoms with Gasteiger partial charge in [-0.05, 0) is 19.1 Å². The van der Waals surface area contributed by atoms with Crippen LogP contribution in [0.4, 0.5) is 14.5 Å². The van der Waals surface area contributed by atoms with Crippen LogP contribution in [-0.2, 0) is 0 Å². The van der Waals surface area contributed by atoms with E-state index in [0.717, 1.165) is 18.6 Å². The van der Waals surface area contributed by atoms with Crippen molar-refractivity contribution in [2.24, 2.45) is 4.99 Å². The van der Waals surface area contributed by atoms with Gasteiger partial charge in [-0.2, -0.15) is 0 Å². The Morgan fingerprint density at radius 1 is 1.30 bits per heavy atom. The monoisotopic (exact) mass is 436 g/mol. The van der Waals surface area contributed by atoms with Gasteiger partial charge in [-0.25, -0.2) is 13.8 Å². The molecule has 0 spiro atoms. The van der Waals surface area contributed by atoms with Crippen LogP contribution < -0.4 is 10.2 Å². The molecule has 1 aromatic rings. The van der Waals surface area contributed by atoms with Crippen LogP contribution in [0.25, 0.3) is 0 Å². The minimum Gasteiger partial charge on any atom is -0.366 e. The van der Waals surface area contributed by atoms with Crippen molar-refractivity contribution in [1.82, 2.24) is 10.2 Å². The van der Waals surface area contributed by atoms with Crippen molar-refractivity contribution in [3.63, 3.8) is 0 Å². The molecule has 0 atom stereocenters. The molecule has 0 saturated carbocycles. The molecule has 1 saturated heterocycles. The van der Waals surface area contributed by atoms with Gasteiger partial charge in [0.2, 0.25) is 0 Å². The van der Waals surface area contributed by atoms with Crippen LogP contribution in [0.15, 0.2) is 35.8 Å². The van der Waals surface area contributed by atoms with E-state index in [-0.39, 0.29) is 29.8 Å². The van der Waals surface area contributed by atoms with Crippen LogP contribution in [0, 0.1) is 11.6 Å². The zero-order chi connectivity index (χ0) is 15.9. The van der Waals surface area contributed by atoms with Gasteiger partial charge in [0.15, 0.2) is 5.96 Å². The zero-order valence-corrected chi connectivity index (χ0v) is 15.6. The fraction of sp³-hybridized carbons (Fsp3) is 0.438. The van der Waals surface area contributed by atoms with E-state index in [9.17, 15) is 8.78 Å². The first kappa shape index (κ1) is 19.7. The molecular weight excluding hydrogens is 413 g/mol. The predicted molar refractivity (Wildman–Crippen MR) is 102 cm³/mol. The topological polar surface area (TPSA) is 30.9 Å². The standard InChI is InChI=1S/C16H22F2N4.HI/c1-3-7-20-16(19-4-2)22-10-8-21(9-11-22)15-12-13(17)5-6-14(15)18;/h3,5-6,12H,1,4,7-11H2,2H3,(H,19,20);1H. The molecule has 4 nitrogen and oxygen atoms in total. The number of guanidine groups is 1. The van der Waals surface area contributed by atoms with Gasteiger partial charge in [0.1, 0.15) is 11.6 Å². The summed E-state index contributed by atoms with van der Waals surface area (Å²) in [5.41, 5.74) is 0.327. The third kappa shape index (κ3) is 5.33. The molecule has 1 N–H and O–H groups in total. The lowest BCUT2D eigenvalue weighted by Crippen LogP contribution is -2.52. The number of benzene rings is 1. The Morgan fingerprint density at radius 3 is 2.61 bits per heavy atom. The average Bonchev–Trinajstić information content (AvgIpc) is 2.54. The number of nitrogens with zero attached hydrogens (tertiary/aromatic N) is 3. The number of piperazine rings is 1. The highest BCUT2D eigenvalue weighted by molar-refractivity contribution is 14.0. The lowest BCUT2D eigenvalue weighted by molar-refractivity contribution is 0.371. The van der Waals surface area contributed by atoms with Gasteiger partial charge in [0.05, 0.1) is 12.2 Å². The second-order valence-corrected chi connectivity index (χ2v) is 5.05. The second-order valence-electron chi connectivity index (χ2n) is 5.05. The number of nitrogens with one attached hydrogen (secondary N) is 1. The summed E-state index contributed by atoms with van der Waals surface area (Å²) in [5, 5.41) is 3.24. The van der Waals surface area contributed by atoms with E-state index in [1.165, 1.54) is 12.1 Å². The smallest absolute Gasteiger partial charge is 0.194 e. The Morgan fingerprint density at radius 2 is 2.00 bits per heavy atom. The molecular formula is C16H23F2IN4. The van der Waals surface area contributed by atoms with Crippen molar-refractivity contribution in [1.29, 1.82) is 0 Å². The molecule has 0 radical (unpaired) electrons. The van der Waals surface area contributed by atoms with E-state index in [1.807, 2.05) is 11.8 Å². The quantitative estimate of drug-likeness (QED) is 0.341. The molecule has 1 aliphatic rings. The van der Waals surface area contributed by atoms with E-state index in [2.05, 4.69) is 21.8 Å². The summed E-state index contributed by atoms with van der Waals surface area (Å²) < 4.78 is 27.1. The van der Waals surface area contributed by atoms with Gasteiger partial charge in [-0.3, -0.25) is 0 Å². The Labute approximate surface area is 153 Å². The van der Waals surface area contributed by atoms with Gasteiger partial charge in [-0.1, -0.05) is 6.08 Å². The first-order chi connectivity index (χ1) is 10.7. The van der Waals surface area contributed by atoms with Crippen molar-refractivity contribution in [3.8, 4) is 0 Å². The summed E-state index contributed by atoms with van der Waals surface area (Å²) in [6, 6.07) is 3.56. The maximum Gasteiger partial charge on any atom is 0.194 e. The van der Waals surface area contributed by atoms with Crippen LogP contribution in [0.1, 0.15) is 6.92 Å². The van der Waals surface area contributed by atoms with Crippen molar-refractivity contribution in [3.05, 3.63) is 42.5 Å². The summed E-state index contributed by atoms with van der Waals surface area (Å²) in [4.78, 5) is 8.44. The maximum atomic E-state index is 13.8. The average molecular weight is 436 g/mol. The molecule has 0 bridgehead atoms. The van der Waals surface area contributed by atoms with Crippen molar-refractivity contribution in [2.45, 2.75) is 6.92 Å². The molecule has 0 amide bonds.